The van der Waals surface area contributed by atoms with Gasteiger partial charge in [-0.05, 0) is 38.4 Å². The number of ether oxygens (including phenoxy) is 2. The van der Waals surface area contributed by atoms with E-state index in [1.165, 1.54) is 18.2 Å². The van der Waals surface area contributed by atoms with Gasteiger partial charge in [-0.25, -0.2) is 4.39 Å². The van der Waals surface area contributed by atoms with Crippen molar-refractivity contribution < 1.29 is 18.7 Å². The van der Waals surface area contributed by atoms with Crippen molar-refractivity contribution in [2.24, 2.45) is 5.92 Å². The van der Waals surface area contributed by atoms with Crippen LogP contribution in [0.25, 0.3) is 0 Å². The Morgan fingerprint density at radius 3 is 2.91 bits per heavy atom. The van der Waals surface area contributed by atoms with Gasteiger partial charge in [0.25, 0.3) is 0 Å². The number of rotatable bonds is 6. The molecule has 1 saturated heterocycles. The highest BCUT2D eigenvalue weighted by molar-refractivity contribution is 5.94. The molecule has 0 aliphatic carbocycles. The molecule has 1 heterocycles. The molecule has 0 radical (unpaired) electrons. The Bertz CT molecular complexity index is 516. The number of methoxy groups -OCH3 is 1. The van der Waals surface area contributed by atoms with Gasteiger partial charge in [0, 0.05) is 25.1 Å². The summed E-state index contributed by atoms with van der Waals surface area (Å²) >= 11 is 0. The summed E-state index contributed by atoms with van der Waals surface area (Å²) in [4.78, 5) is 12.4. The molecule has 1 aliphatic heterocycles. The number of amides is 1. The van der Waals surface area contributed by atoms with Crippen molar-refractivity contribution in [3.8, 4) is 5.75 Å². The van der Waals surface area contributed by atoms with E-state index in [9.17, 15) is 9.18 Å². The number of carbonyl (C=O) groups is 1. The first kappa shape index (κ1) is 19.7. The van der Waals surface area contributed by atoms with Crippen LogP contribution in [0.3, 0.4) is 0 Å². The molecule has 0 unspecified atom stereocenters. The highest BCUT2D eigenvalue weighted by Gasteiger charge is 2.25. The predicted octanol–water partition coefficient (Wildman–Crippen LogP) is 2.60. The van der Waals surface area contributed by atoms with Crippen molar-refractivity contribution in [2.75, 3.05) is 32.2 Å². The van der Waals surface area contributed by atoms with Crippen LogP contribution < -0.4 is 15.4 Å². The fourth-order valence-electron chi connectivity index (χ4n) is 2.57. The molecule has 2 atom stereocenters. The van der Waals surface area contributed by atoms with Crippen molar-refractivity contribution in [2.45, 2.75) is 25.8 Å². The quantitative estimate of drug-likeness (QED) is 0.777. The van der Waals surface area contributed by atoms with Crippen molar-refractivity contribution in [3.05, 3.63) is 24.0 Å². The van der Waals surface area contributed by atoms with E-state index in [4.69, 9.17) is 9.47 Å². The molecule has 130 valence electrons. The van der Waals surface area contributed by atoms with Gasteiger partial charge in [0.2, 0.25) is 5.91 Å². The number of halogens is 2. The van der Waals surface area contributed by atoms with Crippen LogP contribution >= 0.6 is 12.4 Å². The van der Waals surface area contributed by atoms with Crippen LogP contribution in [0.4, 0.5) is 10.1 Å². The maximum atomic E-state index is 13.4. The lowest BCUT2D eigenvalue weighted by Gasteiger charge is -2.27. The van der Waals surface area contributed by atoms with E-state index in [1.54, 1.807) is 7.11 Å². The topological polar surface area (TPSA) is 59.6 Å². The lowest BCUT2D eigenvalue weighted by Crippen LogP contribution is -2.40. The Labute approximate surface area is 142 Å². The molecule has 1 amide bonds. The van der Waals surface area contributed by atoms with Gasteiger partial charge in [-0.2, -0.15) is 0 Å². The van der Waals surface area contributed by atoms with Gasteiger partial charge in [-0.3, -0.25) is 4.79 Å². The molecule has 5 nitrogen and oxygen atoms in total. The number of piperidine rings is 1. The molecule has 0 bridgehead atoms. The van der Waals surface area contributed by atoms with Crippen LogP contribution in [-0.2, 0) is 9.53 Å². The van der Waals surface area contributed by atoms with Gasteiger partial charge in [-0.15, -0.1) is 12.4 Å². The summed E-state index contributed by atoms with van der Waals surface area (Å²) in [6.45, 7) is 3.65. The minimum absolute atomic E-state index is 0. The summed E-state index contributed by atoms with van der Waals surface area (Å²) in [5, 5.41) is 6.10. The van der Waals surface area contributed by atoms with Crippen molar-refractivity contribution in [1.29, 1.82) is 0 Å². The molecule has 1 aromatic rings. The van der Waals surface area contributed by atoms with Crippen LogP contribution in [0, 0.1) is 11.7 Å². The van der Waals surface area contributed by atoms with Crippen LogP contribution in [0.15, 0.2) is 18.2 Å². The van der Waals surface area contributed by atoms with E-state index in [1.807, 2.05) is 0 Å². The average molecular weight is 347 g/mol. The van der Waals surface area contributed by atoms with Crippen molar-refractivity contribution in [1.82, 2.24) is 5.32 Å². The first-order valence-electron chi connectivity index (χ1n) is 7.55. The van der Waals surface area contributed by atoms with Crippen molar-refractivity contribution >= 4 is 24.0 Å². The molecule has 2 N–H and O–H groups in total. The lowest BCUT2D eigenvalue weighted by atomic mass is 9.92. The van der Waals surface area contributed by atoms with E-state index < -0.39 is 5.82 Å². The van der Waals surface area contributed by atoms with Gasteiger partial charge in [0.1, 0.15) is 18.2 Å². The molecular formula is C16H24ClFN2O3. The minimum Gasteiger partial charge on any atom is -0.489 e. The van der Waals surface area contributed by atoms with Crippen LogP contribution in [0.1, 0.15) is 19.8 Å². The fourth-order valence-corrected chi connectivity index (χ4v) is 2.57. The number of nitrogens with one attached hydrogen (secondary N) is 2. The molecule has 0 spiro atoms. The molecule has 1 aliphatic rings. The summed E-state index contributed by atoms with van der Waals surface area (Å²) in [5.74, 6) is -0.108. The summed E-state index contributed by atoms with van der Waals surface area (Å²) in [5.41, 5.74) is 0.368. The van der Waals surface area contributed by atoms with E-state index in [-0.39, 0.29) is 24.2 Å². The summed E-state index contributed by atoms with van der Waals surface area (Å²) in [7, 11) is 1.58. The second-order valence-corrected chi connectivity index (χ2v) is 5.55. The smallest absolute Gasteiger partial charge is 0.227 e. The Morgan fingerprint density at radius 1 is 1.43 bits per heavy atom. The van der Waals surface area contributed by atoms with Crippen molar-refractivity contribution in [3.63, 3.8) is 0 Å². The molecule has 23 heavy (non-hydrogen) atoms. The van der Waals surface area contributed by atoms with Gasteiger partial charge >= 0.3 is 0 Å². The number of hydrogen-bond donors (Lipinski definition) is 2. The third-order valence-corrected chi connectivity index (χ3v) is 3.74. The molecular weight excluding hydrogens is 323 g/mol. The van der Waals surface area contributed by atoms with E-state index in [0.29, 0.717) is 30.7 Å². The van der Waals surface area contributed by atoms with Crippen LogP contribution in [-0.4, -0.2) is 38.8 Å². The summed E-state index contributed by atoms with van der Waals surface area (Å²) < 4.78 is 23.9. The monoisotopic (exact) mass is 346 g/mol. The SMILES string of the molecule is COCCOc1ccc(F)cc1NC(=O)[C@H]1CCN[C@@H](C)C1.Cl. The van der Waals surface area contributed by atoms with Gasteiger partial charge < -0.3 is 20.1 Å². The zero-order chi connectivity index (χ0) is 15.9. The molecule has 0 saturated carbocycles. The van der Waals surface area contributed by atoms with Crippen LogP contribution in [0.2, 0.25) is 0 Å². The number of benzene rings is 1. The number of hydrogen-bond acceptors (Lipinski definition) is 4. The molecule has 1 fully saturated rings. The fraction of sp³-hybridized carbons (Fsp3) is 0.562. The third-order valence-electron chi connectivity index (χ3n) is 3.74. The maximum absolute atomic E-state index is 13.4. The number of carbonyl (C=O) groups excluding carboxylic acids is 1. The second-order valence-electron chi connectivity index (χ2n) is 5.55. The van der Waals surface area contributed by atoms with Gasteiger partial charge in [0.15, 0.2) is 0 Å². The van der Waals surface area contributed by atoms with E-state index >= 15 is 0 Å². The summed E-state index contributed by atoms with van der Waals surface area (Å²) in [6, 6.07) is 4.43. The van der Waals surface area contributed by atoms with Gasteiger partial charge in [0.05, 0.1) is 12.3 Å². The van der Waals surface area contributed by atoms with E-state index in [0.717, 1.165) is 19.4 Å². The highest BCUT2D eigenvalue weighted by atomic mass is 35.5. The number of anilines is 1. The Balaban J connectivity index is 0.00000264. The maximum Gasteiger partial charge on any atom is 0.227 e. The normalized spacial score (nSPS) is 20.5. The summed E-state index contributed by atoms with van der Waals surface area (Å²) in [6.07, 6.45) is 1.56. The Morgan fingerprint density at radius 2 is 2.22 bits per heavy atom. The average Bonchev–Trinajstić information content (AvgIpc) is 2.49. The Hall–Kier alpha value is -1.37. The second kappa shape index (κ2) is 9.70. The molecule has 2 rings (SSSR count). The highest BCUT2D eigenvalue weighted by Crippen LogP contribution is 2.27. The van der Waals surface area contributed by atoms with Crippen LogP contribution in [0.5, 0.6) is 5.75 Å². The minimum atomic E-state index is -0.409. The lowest BCUT2D eigenvalue weighted by molar-refractivity contribution is -0.120. The molecule has 1 aromatic carbocycles. The zero-order valence-electron chi connectivity index (χ0n) is 13.4. The molecule has 0 aromatic heterocycles. The first-order chi connectivity index (χ1) is 10.6. The van der Waals surface area contributed by atoms with E-state index in [2.05, 4.69) is 17.6 Å². The predicted molar refractivity (Wildman–Crippen MR) is 89.8 cm³/mol. The third kappa shape index (κ3) is 5.97. The first-order valence-corrected chi connectivity index (χ1v) is 7.55. The zero-order valence-corrected chi connectivity index (χ0v) is 14.2. The standard InChI is InChI=1S/C16H23FN2O3.ClH/c1-11-9-12(5-6-18-11)16(20)19-14-10-13(17)3-4-15(14)22-8-7-21-2;/h3-4,10-12,18H,5-9H2,1-2H3,(H,19,20);1H/t11-,12-;/m0./s1. The Kier molecular flexibility index (Phi) is 8.30. The molecule has 7 heteroatoms. The van der Waals surface area contributed by atoms with Gasteiger partial charge in [-0.1, -0.05) is 0 Å². The largest absolute Gasteiger partial charge is 0.489 e.